The first-order chi connectivity index (χ1) is 15.5. The van der Waals surface area contributed by atoms with Gasteiger partial charge in [-0.25, -0.2) is 19.2 Å². The van der Waals surface area contributed by atoms with Crippen molar-refractivity contribution in [2.45, 2.75) is 0 Å². The molecule has 2 aromatic rings. The minimum atomic E-state index is -1.48. The van der Waals surface area contributed by atoms with E-state index in [4.69, 9.17) is 25.2 Å². The molecule has 0 spiro atoms. The molecule has 11 nitrogen and oxygen atoms in total. The number of benzene rings is 2. The zero-order valence-electron chi connectivity index (χ0n) is 16.4. The summed E-state index contributed by atoms with van der Waals surface area (Å²) in [4.78, 5) is 64.8. The fourth-order valence-corrected chi connectivity index (χ4v) is 2.48. The van der Waals surface area contributed by atoms with Crippen molar-refractivity contribution >= 4 is 35.4 Å². The van der Waals surface area contributed by atoms with Gasteiger partial charge >= 0.3 is 23.9 Å². The van der Waals surface area contributed by atoms with Crippen molar-refractivity contribution in [3.8, 4) is 11.5 Å². The summed E-state index contributed by atoms with van der Waals surface area (Å²) in [6, 6.07) is 6.40. The molecule has 0 bridgehead atoms. The first kappa shape index (κ1) is 24.2. The molecule has 0 atom stereocenters. The van der Waals surface area contributed by atoms with Crippen LogP contribution in [0.15, 0.2) is 60.7 Å². The third-order valence-electron chi connectivity index (χ3n) is 3.96. The molecule has 0 saturated heterocycles. The fraction of sp³-hybridized carbons (Fsp3) is 0. The van der Waals surface area contributed by atoms with Gasteiger partial charge in [-0.05, 0) is 60.7 Å². The molecule has 0 saturated carbocycles. The Morgan fingerprint density at radius 2 is 0.818 bits per heavy atom. The number of ketones is 2. The largest absolute Gasteiger partial charge is 0.478 e. The minimum absolute atomic E-state index is 0.0539. The van der Waals surface area contributed by atoms with Gasteiger partial charge in [-0.2, -0.15) is 0 Å². The summed E-state index contributed by atoms with van der Waals surface area (Å²) in [5, 5.41) is 36.0. The summed E-state index contributed by atoms with van der Waals surface area (Å²) in [6.45, 7) is 0. The molecule has 0 aromatic heterocycles. The van der Waals surface area contributed by atoms with E-state index in [1.807, 2.05) is 0 Å². The average molecular weight is 454 g/mol. The summed E-state index contributed by atoms with van der Waals surface area (Å²) in [7, 11) is 0. The number of carbonyl (C=O) groups is 6. The van der Waals surface area contributed by atoms with Gasteiger partial charge in [0.25, 0.3) is 0 Å². The van der Waals surface area contributed by atoms with Gasteiger partial charge < -0.3 is 25.2 Å². The molecule has 168 valence electrons. The number of ether oxygens (including phenoxy) is 1. The van der Waals surface area contributed by atoms with Crippen LogP contribution in [0.25, 0.3) is 0 Å². The summed E-state index contributed by atoms with van der Waals surface area (Å²) < 4.78 is 5.32. The van der Waals surface area contributed by atoms with E-state index in [0.717, 1.165) is 24.3 Å². The Balaban J connectivity index is 0.000000405. The van der Waals surface area contributed by atoms with E-state index in [1.165, 1.54) is 36.4 Å². The number of carbonyl (C=O) groups excluding carboxylic acids is 2. The number of carboxylic acid groups (broad SMARTS) is 4. The molecule has 3 rings (SSSR count). The van der Waals surface area contributed by atoms with E-state index in [0.29, 0.717) is 0 Å². The van der Waals surface area contributed by atoms with Crippen molar-refractivity contribution in [2.75, 3.05) is 0 Å². The van der Waals surface area contributed by atoms with Crippen molar-refractivity contribution < 1.29 is 53.9 Å². The van der Waals surface area contributed by atoms with Gasteiger partial charge in [0.1, 0.15) is 11.5 Å². The molecule has 1 aliphatic carbocycles. The number of carboxylic acids is 4. The summed E-state index contributed by atoms with van der Waals surface area (Å²) in [6.07, 6.45) is 5.01. The van der Waals surface area contributed by atoms with Crippen molar-refractivity contribution in [3.05, 3.63) is 83.0 Å². The molecule has 4 N–H and O–H groups in total. The monoisotopic (exact) mass is 454 g/mol. The van der Waals surface area contributed by atoms with Crippen molar-refractivity contribution in [1.82, 2.24) is 0 Å². The van der Waals surface area contributed by atoms with Gasteiger partial charge in [0, 0.05) is 0 Å². The Labute approximate surface area is 184 Å². The number of aromatic carboxylic acids is 4. The van der Waals surface area contributed by atoms with Gasteiger partial charge in [0.15, 0.2) is 11.6 Å². The molecule has 33 heavy (non-hydrogen) atoms. The molecule has 0 amide bonds. The first-order valence-corrected chi connectivity index (χ1v) is 8.82. The van der Waals surface area contributed by atoms with Crippen LogP contribution in [0, 0.1) is 0 Å². The maximum absolute atomic E-state index is 11.1. The summed E-state index contributed by atoms with van der Waals surface area (Å²) in [5.74, 6) is -6.16. The highest BCUT2D eigenvalue weighted by Crippen LogP contribution is 2.26. The van der Waals surface area contributed by atoms with Crippen LogP contribution in [-0.2, 0) is 9.59 Å². The van der Waals surface area contributed by atoms with Crippen LogP contribution in [0.5, 0.6) is 11.5 Å². The fourth-order valence-electron chi connectivity index (χ4n) is 2.48. The zero-order chi connectivity index (χ0) is 24.7. The molecule has 0 aliphatic heterocycles. The number of allylic oxidation sites excluding steroid dienone is 4. The standard InChI is InChI=1S/C16H10O9.C6H4O2/c17-13(18)9-3-1-7(5-11(9)15(21)22)25-8-2-4-10(14(19)20)12(6-8)16(23)24;7-5-1-2-6(8)4-3-5/h1-6H,(H,17,18)(H,19,20)(H,21,22)(H,23,24);1-4H. The van der Waals surface area contributed by atoms with E-state index in [-0.39, 0.29) is 23.1 Å². The average Bonchev–Trinajstić information content (AvgIpc) is 2.75. The molecule has 0 unspecified atom stereocenters. The Morgan fingerprint density at radius 3 is 1.09 bits per heavy atom. The molecule has 0 radical (unpaired) electrons. The lowest BCUT2D eigenvalue weighted by molar-refractivity contribution is -0.113. The molecule has 11 heteroatoms. The first-order valence-electron chi connectivity index (χ1n) is 8.82. The highest BCUT2D eigenvalue weighted by atomic mass is 16.5. The molecular weight excluding hydrogens is 440 g/mol. The van der Waals surface area contributed by atoms with Gasteiger partial charge in [-0.15, -0.1) is 0 Å². The molecular formula is C22H14O11. The Bertz CT molecular complexity index is 1120. The Kier molecular flexibility index (Phi) is 7.56. The van der Waals surface area contributed by atoms with Crippen molar-refractivity contribution in [1.29, 1.82) is 0 Å². The van der Waals surface area contributed by atoms with E-state index >= 15 is 0 Å². The lowest BCUT2D eigenvalue weighted by Gasteiger charge is -2.10. The summed E-state index contributed by atoms with van der Waals surface area (Å²) >= 11 is 0. The second-order valence-electron chi connectivity index (χ2n) is 6.21. The van der Waals surface area contributed by atoms with Crippen molar-refractivity contribution in [3.63, 3.8) is 0 Å². The van der Waals surface area contributed by atoms with E-state index in [2.05, 4.69) is 0 Å². The van der Waals surface area contributed by atoms with Crippen LogP contribution < -0.4 is 4.74 Å². The van der Waals surface area contributed by atoms with Crippen LogP contribution in [0.4, 0.5) is 0 Å². The highest BCUT2D eigenvalue weighted by molar-refractivity contribution is 6.14. The topological polar surface area (TPSA) is 193 Å². The van der Waals surface area contributed by atoms with E-state index < -0.39 is 46.1 Å². The molecule has 1 aliphatic rings. The smallest absolute Gasteiger partial charge is 0.336 e. The Morgan fingerprint density at radius 1 is 0.515 bits per heavy atom. The second kappa shape index (κ2) is 10.3. The normalized spacial score (nSPS) is 11.9. The molecule has 0 fully saturated rings. The third kappa shape index (κ3) is 6.46. The zero-order valence-corrected chi connectivity index (χ0v) is 16.4. The van der Waals surface area contributed by atoms with Gasteiger partial charge in [-0.3, -0.25) is 9.59 Å². The lowest BCUT2D eigenvalue weighted by Crippen LogP contribution is -2.09. The van der Waals surface area contributed by atoms with Crippen molar-refractivity contribution in [2.24, 2.45) is 0 Å². The lowest BCUT2D eigenvalue weighted by atomic mass is 10.1. The molecule has 0 heterocycles. The van der Waals surface area contributed by atoms with Gasteiger partial charge in [-0.1, -0.05) is 0 Å². The predicted molar refractivity (Wildman–Crippen MR) is 109 cm³/mol. The SMILES string of the molecule is O=C(O)c1ccc(Oc2ccc(C(=O)O)c(C(=O)O)c2)cc1C(=O)O.O=C1C=CC(=O)C=C1. The van der Waals surface area contributed by atoms with Gasteiger partial charge in [0.2, 0.25) is 0 Å². The highest BCUT2D eigenvalue weighted by Gasteiger charge is 2.19. The third-order valence-corrected chi connectivity index (χ3v) is 3.96. The van der Waals surface area contributed by atoms with Gasteiger partial charge in [0.05, 0.1) is 22.3 Å². The number of hydrogen-bond acceptors (Lipinski definition) is 7. The predicted octanol–water partition coefficient (Wildman–Crippen LogP) is 2.52. The maximum atomic E-state index is 11.1. The van der Waals surface area contributed by atoms with Crippen LogP contribution in [0.3, 0.4) is 0 Å². The van der Waals surface area contributed by atoms with Crippen LogP contribution in [0.1, 0.15) is 41.4 Å². The quantitative estimate of drug-likeness (QED) is 0.469. The molecule has 2 aromatic carbocycles. The van der Waals surface area contributed by atoms with E-state index in [1.54, 1.807) is 0 Å². The maximum Gasteiger partial charge on any atom is 0.336 e. The van der Waals surface area contributed by atoms with Crippen LogP contribution >= 0.6 is 0 Å². The van der Waals surface area contributed by atoms with Crippen LogP contribution in [-0.4, -0.2) is 55.9 Å². The second-order valence-corrected chi connectivity index (χ2v) is 6.21. The van der Waals surface area contributed by atoms with Crippen LogP contribution in [0.2, 0.25) is 0 Å². The number of hydrogen-bond donors (Lipinski definition) is 4. The Hall–Kier alpha value is -5.06. The summed E-state index contributed by atoms with van der Waals surface area (Å²) in [5.41, 5.74) is -1.89. The minimum Gasteiger partial charge on any atom is -0.478 e. The van der Waals surface area contributed by atoms with E-state index in [9.17, 15) is 28.8 Å². The number of rotatable bonds is 6.